The van der Waals surface area contributed by atoms with Crippen LogP contribution in [0, 0.1) is 13.8 Å². The number of nitrogens with one attached hydrogen (secondary N) is 1. The Morgan fingerprint density at radius 3 is 2.50 bits per heavy atom. The van der Waals surface area contributed by atoms with Gasteiger partial charge in [-0.2, -0.15) is 10.2 Å². The summed E-state index contributed by atoms with van der Waals surface area (Å²) in [5.74, 6) is 0.376. The number of aromatic nitrogens is 4. The lowest BCUT2D eigenvalue weighted by Gasteiger charge is -2.08. The number of carbonyl (C=O) groups is 1. The number of benzene rings is 2. The van der Waals surface area contributed by atoms with Crippen molar-refractivity contribution in [2.75, 3.05) is 5.32 Å². The van der Waals surface area contributed by atoms with Crippen LogP contribution in [0.2, 0.25) is 0 Å². The lowest BCUT2D eigenvalue weighted by atomic mass is 10.1. The van der Waals surface area contributed by atoms with E-state index in [-0.39, 0.29) is 5.91 Å². The first kappa shape index (κ1) is 17.7. The van der Waals surface area contributed by atoms with Gasteiger partial charge in [0, 0.05) is 11.8 Å². The number of nitrogens with zero attached hydrogens (tertiary/aromatic N) is 4. The predicted molar refractivity (Wildman–Crippen MR) is 109 cm³/mol. The molecule has 0 spiro atoms. The van der Waals surface area contributed by atoms with Crippen LogP contribution in [0.1, 0.15) is 27.3 Å². The van der Waals surface area contributed by atoms with Gasteiger partial charge < -0.3 is 5.32 Å². The maximum absolute atomic E-state index is 12.7. The second kappa shape index (κ2) is 7.52. The monoisotopic (exact) mass is 371 g/mol. The highest BCUT2D eigenvalue weighted by Crippen LogP contribution is 2.15. The molecule has 0 aliphatic heterocycles. The van der Waals surface area contributed by atoms with Gasteiger partial charge in [0.2, 0.25) is 0 Å². The van der Waals surface area contributed by atoms with Crippen LogP contribution in [0.25, 0.3) is 5.69 Å². The third-order valence-corrected chi connectivity index (χ3v) is 4.53. The molecule has 140 valence electrons. The number of para-hydroxylation sites is 1. The molecule has 6 nitrogen and oxygen atoms in total. The Morgan fingerprint density at radius 1 is 1.00 bits per heavy atom. The van der Waals surface area contributed by atoms with E-state index in [0.717, 1.165) is 16.9 Å². The van der Waals surface area contributed by atoms with Crippen molar-refractivity contribution in [2.24, 2.45) is 0 Å². The van der Waals surface area contributed by atoms with Crippen LogP contribution < -0.4 is 5.32 Å². The Balaban J connectivity index is 1.52. The third kappa shape index (κ3) is 3.71. The second-order valence-corrected chi connectivity index (χ2v) is 6.73. The van der Waals surface area contributed by atoms with Gasteiger partial charge in [0.1, 0.15) is 5.82 Å². The minimum absolute atomic E-state index is 0.261. The molecule has 2 aromatic heterocycles. The number of hydrogen-bond acceptors (Lipinski definition) is 3. The minimum Gasteiger partial charge on any atom is -0.305 e. The highest BCUT2D eigenvalue weighted by molar-refractivity contribution is 6.02. The first-order valence-electron chi connectivity index (χ1n) is 9.11. The quantitative estimate of drug-likeness (QED) is 0.577. The average molecular weight is 371 g/mol. The van der Waals surface area contributed by atoms with Crippen molar-refractivity contribution in [3.63, 3.8) is 0 Å². The second-order valence-electron chi connectivity index (χ2n) is 6.73. The Kier molecular flexibility index (Phi) is 4.76. The van der Waals surface area contributed by atoms with Crippen LogP contribution in [0.15, 0.2) is 72.9 Å². The lowest BCUT2D eigenvalue weighted by molar-refractivity contribution is 0.102. The summed E-state index contributed by atoms with van der Waals surface area (Å²) >= 11 is 0. The molecular weight excluding hydrogens is 350 g/mol. The van der Waals surface area contributed by atoms with Gasteiger partial charge >= 0.3 is 0 Å². The Labute approximate surface area is 163 Å². The van der Waals surface area contributed by atoms with Gasteiger partial charge in [-0.15, -0.1) is 0 Å². The molecule has 0 bridgehead atoms. The molecule has 0 atom stereocenters. The van der Waals surface area contributed by atoms with E-state index in [9.17, 15) is 4.79 Å². The highest BCUT2D eigenvalue weighted by atomic mass is 16.2. The van der Waals surface area contributed by atoms with Crippen molar-refractivity contribution >= 4 is 11.7 Å². The summed E-state index contributed by atoms with van der Waals surface area (Å²) in [6.07, 6.45) is 1.68. The molecule has 28 heavy (non-hydrogen) atoms. The SMILES string of the molecule is Cc1ccc(Cn2nccc2NC(=O)c2cc(C)n(-c3ccccc3)n2)cc1. The smallest absolute Gasteiger partial charge is 0.277 e. The van der Waals surface area contributed by atoms with Crippen LogP contribution in [0.5, 0.6) is 0 Å². The number of rotatable bonds is 5. The normalized spacial score (nSPS) is 10.8. The topological polar surface area (TPSA) is 64.7 Å². The maximum Gasteiger partial charge on any atom is 0.277 e. The van der Waals surface area contributed by atoms with Crippen LogP contribution in [-0.2, 0) is 6.54 Å². The van der Waals surface area contributed by atoms with Crippen molar-refractivity contribution in [3.05, 3.63) is 95.4 Å². The first-order valence-corrected chi connectivity index (χ1v) is 9.11. The summed E-state index contributed by atoms with van der Waals surface area (Å²) in [5.41, 5.74) is 4.51. The van der Waals surface area contributed by atoms with E-state index in [4.69, 9.17) is 0 Å². The molecule has 1 amide bonds. The molecule has 0 fully saturated rings. The summed E-state index contributed by atoms with van der Waals surface area (Å²) < 4.78 is 3.53. The number of aryl methyl sites for hydroxylation is 2. The molecule has 2 aromatic carbocycles. The average Bonchev–Trinajstić information content (AvgIpc) is 3.31. The van der Waals surface area contributed by atoms with E-state index >= 15 is 0 Å². The molecule has 0 saturated heterocycles. The summed E-state index contributed by atoms with van der Waals surface area (Å²) in [6, 6.07) is 21.6. The number of anilines is 1. The van der Waals surface area contributed by atoms with Crippen molar-refractivity contribution in [1.82, 2.24) is 19.6 Å². The molecule has 0 saturated carbocycles. The molecule has 0 aliphatic carbocycles. The first-order chi connectivity index (χ1) is 13.6. The lowest BCUT2D eigenvalue weighted by Crippen LogP contribution is -2.17. The standard InChI is InChI=1S/C22H21N5O/c1-16-8-10-18(11-9-16)15-26-21(12-13-23-26)24-22(28)20-14-17(2)27(25-20)19-6-4-3-5-7-19/h3-14H,15H2,1-2H3,(H,24,28). The fourth-order valence-electron chi connectivity index (χ4n) is 3.03. The van der Waals surface area contributed by atoms with Crippen molar-refractivity contribution < 1.29 is 4.79 Å². The summed E-state index contributed by atoms with van der Waals surface area (Å²) in [4.78, 5) is 12.7. The number of hydrogen-bond donors (Lipinski definition) is 1. The Morgan fingerprint density at radius 2 is 1.75 bits per heavy atom. The van der Waals surface area contributed by atoms with E-state index in [0.29, 0.717) is 18.1 Å². The highest BCUT2D eigenvalue weighted by Gasteiger charge is 2.15. The molecule has 0 unspecified atom stereocenters. The van der Waals surface area contributed by atoms with Crippen LogP contribution in [0.4, 0.5) is 5.82 Å². The van der Waals surface area contributed by atoms with E-state index in [1.165, 1.54) is 5.56 Å². The van der Waals surface area contributed by atoms with Gasteiger partial charge in [-0.1, -0.05) is 48.0 Å². The third-order valence-electron chi connectivity index (χ3n) is 4.53. The van der Waals surface area contributed by atoms with Gasteiger partial charge in [-0.05, 0) is 37.6 Å². The Bertz CT molecular complexity index is 1090. The molecule has 0 aliphatic rings. The number of amides is 1. The predicted octanol–water partition coefficient (Wildman–Crippen LogP) is 3.99. The van der Waals surface area contributed by atoms with Crippen molar-refractivity contribution in [2.45, 2.75) is 20.4 Å². The van der Waals surface area contributed by atoms with E-state index < -0.39 is 0 Å². The molecule has 6 heteroatoms. The number of carbonyl (C=O) groups excluding carboxylic acids is 1. The fourth-order valence-corrected chi connectivity index (χ4v) is 3.03. The van der Waals surface area contributed by atoms with Gasteiger partial charge in [-0.25, -0.2) is 9.36 Å². The Hall–Kier alpha value is -3.67. The minimum atomic E-state index is -0.261. The van der Waals surface area contributed by atoms with Gasteiger partial charge in [0.05, 0.1) is 18.4 Å². The van der Waals surface area contributed by atoms with E-state index in [1.807, 2.05) is 37.3 Å². The van der Waals surface area contributed by atoms with E-state index in [2.05, 4.69) is 46.7 Å². The molecule has 1 N–H and O–H groups in total. The fraction of sp³-hybridized carbons (Fsp3) is 0.136. The molecule has 4 rings (SSSR count). The van der Waals surface area contributed by atoms with Crippen LogP contribution in [-0.4, -0.2) is 25.5 Å². The van der Waals surface area contributed by atoms with Gasteiger partial charge in [0.15, 0.2) is 5.69 Å². The molecule has 4 aromatic rings. The zero-order valence-corrected chi connectivity index (χ0v) is 15.8. The molecule has 2 heterocycles. The molecular formula is C22H21N5O. The van der Waals surface area contributed by atoms with Crippen molar-refractivity contribution in [3.8, 4) is 5.69 Å². The van der Waals surface area contributed by atoms with Gasteiger partial charge in [0.25, 0.3) is 5.91 Å². The van der Waals surface area contributed by atoms with Crippen LogP contribution >= 0.6 is 0 Å². The maximum atomic E-state index is 12.7. The summed E-state index contributed by atoms with van der Waals surface area (Å²) in [5, 5.41) is 11.7. The zero-order valence-electron chi connectivity index (χ0n) is 15.8. The summed E-state index contributed by atoms with van der Waals surface area (Å²) in [6.45, 7) is 4.57. The van der Waals surface area contributed by atoms with Gasteiger partial charge in [-0.3, -0.25) is 4.79 Å². The largest absolute Gasteiger partial charge is 0.305 e. The summed E-state index contributed by atoms with van der Waals surface area (Å²) in [7, 11) is 0. The molecule has 0 radical (unpaired) electrons. The van der Waals surface area contributed by atoms with E-state index in [1.54, 1.807) is 27.7 Å². The van der Waals surface area contributed by atoms with Crippen molar-refractivity contribution in [1.29, 1.82) is 0 Å². The van der Waals surface area contributed by atoms with Crippen LogP contribution in [0.3, 0.4) is 0 Å². The zero-order chi connectivity index (χ0) is 19.5.